The minimum absolute atomic E-state index is 0.617. The molecular formula is C17H24N4. The van der Waals surface area contributed by atoms with Crippen molar-refractivity contribution < 1.29 is 0 Å². The molecule has 0 radical (unpaired) electrons. The van der Waals surface area contributed by atoms with Gasteiger partial charge in [0.2, 0.25) is 0 Å². The van der Waals surface area contributed by atoms with Crippen molar-refractivity contribution in [1.29, 1.82) is 0 Å². The van der Waals surface area contributed by atoms with E-state index in [-0.39, 0.29) is 0 Å². The highest BCUT2D eigenvalue weighted by atomic mass is 15.3. The summed E-state index contributed by atoms with van der Waals surface area (Å²) in [5.74, 6) is 6.48. The van der Waals surface area contributed by atoms with E-state index in [1.54, 1.807) is 0 Å². The summed E-state index contributed by atoms with van der Waals surface area (Å²) in [7, 11) is 0. The van der Waals surface area contributed by atoms with E-state index in [0.717, 1.165) is 17.9 Å². The van der Waals surface area contributed by atoms with Gasteiger partial charge in [-0.2, -0.15) is 0 Å². The van der Waals surface area contributed by atoms with E-state index in [0.29, 0.717) is 12.1 Å². The molecule has 1 aliphatic rings. The lowest BCUT2D eigenvalue weighted by Crippen LogP contribution is -2.43. The van der Waals surface area contributed by atoms with Crippen LogP contribution in [0, 0.1) is 0 Å². The minimum atomic E-state index is 0.617. The van der Waals surface area contributed by atoms with Crippen molar-refractivity contribution in [3.63, 3.8) is 0 Å². The molecule has 2 heterocycles. The number of hydrazine groups is 1. The number of hydrogen-bond acceptors (Lipinski definition) is 4. The van der Waals surface area contributed by atoms with Crippen LogP contribution in [0.5, 0.6) is 0 Å². The Morgan fingerprint density at radius 2 is 1.95 bits per heavy atom. The molecule has 0 amide bonds. The molecule has 112 valence electrons. The van der Waals surface area contributed by atoms with Crippen LogP contribution in [0.4, 0.5) is 5.82 Å². The molecule has 2 unspecified atom stereocenters. The maximum absolute atomic E-state index is 5.69. The number of nitrogens with one attached hydrogen (secondary N) is 1. The molecule has 4 nitrogen and oxygen atoms in total. The number of anilines is 1. The van der Waals surface area contributed by atoms with Gasteiger partial charge < -0.3 is 5.43 Å². The lowest BCUT2D eigenvalue weighted by molar-refractivity contribution is 0.0954. The number of aromatic nitrogens is 1. The third kappa shape index (κ3) is 2.87. The van der Waals surface area contributed by atoms with Crippen LogP contribution in [0.1, 0.15) is 38.7 Å². The summed E-state index contributed by atoms with van der Waals surface area (Å²) in [4.78, 5) is 7.21. The smallest absolute Gasteiger partial charge is 0.145 e. The number of pyridine rings is 1. The fourth-order valence-corrected chi connectivity index (χ4v) is 3.39. The molecule has 1 aromatic heterocycles. The van der Waals surface area contributed by atoms with Gasteiger partial charge in [-0.15, -0.1) is 0 Å². The largest absolute Gasteiger partial charge is 0.308 e. The zero-order valence-electron chi connectivity index (χ0n) is 12.8. The van der Waals surface area contributed by atoms with Gasteiger partial charge in [0.25, 0.3) is 0 Å². The van der Waals surface area contributed by atoms with Crippen LogP contribution >= 0.6 is 0 Å². The maximum atomic E-state index is 5.69. The predicted molar refractivity (Wildman–Crippen MR) is 87.9 cm³/mol. The number of nitrogen functional groups attached to an aromatic ring is 1. The van der Waals surface area contributed by atoms with Crippen molar-refractivity contribution in [2.24, 2.45) is 5.84 Å². The summed E-state index contributed by atoms with van der Waals surface area (Å²) in [5.41, 5.74) is 4.93. The van der Waals surface area contributed by atoms with Crippen molar-refractivity contribution >= 4 is 16.7 Å². The van der Waals surface area contributed by atoms with Crippen LogP contribution in [0.2, 0.25) is 0 Å². The average molecular weight is 284 g/mol. The zero-order chi connectivity index (χ0) is 14.8. The van der Waals surface area contributed by atoms with E-state index in [2.05, 4.69) is 47.4 Å². The summed E-state index contributed by atoms with van der Waals surface area (Å²) >= 11 is 0. The van der Waals surface area contributed by atoms with Crippen LogP contribution in [-0.2, 0) is 6.54 Å². The fraction of sp³-hybridized carbons (Fsp3) is 0.471. The Balaban J connectivity index is 1.95. The summed E-state index contributed by atoms with van der Waals surface area (Å²) < 4.78 is 0. The van der Waals surface area contributed by atoms with E-state index in [9.17, 15) is 0 Å². The lowest BCUT2D eigenvalue weighted by Gasteiger charge is -2.39. The molecule has 3 N–H and O–H groups in total. The van der Waals surface area contributed by atoms with E-state index in [1.807, 2.05) is 12.1 Å². The van der Waals surface area contributed by atoms with Crippen molar-refractivity contribution in [3.8, 4) is 0 Å². The fourth-order valence-electron chi connectivity index (χ4n) is 3.39. The topological polar surface area (TPSA) is 54.2 Å². The van der Waals surface area contributed by atoms with Gasteiger partial charge >= 0.3 is 0 Å². The Bertz CT molecular complexity index is 615. The first kappa shape index (κ1) is 14.3. The standard InChI is InChI=1S/C17H24N4/c1-12-6-5-7-13(2)21(12)11-15-10-14-8-3-4-9-16(14)19-17(15)20-18/h3-4,8-10,12-13H,5-7,11,18H2,1-2H3,(H,19,20). The number of benzene rings is 1. The zero-order valence-corrected chi connectivity index (χ0v) is 12.8. The monoisotopic (exact) mass is 284 g/mol. The molecule has 0 saturated carbocycles. The normalized spacial score (nSPS) is 23.4. The Kier molecular flexibility index (Phi) is 4.08. The third-order valence-electron chi connectivity index (χ3n) is 4.67. The van der Waals surface area contributed by atoms with Crippen LogP contribution < -0.4 is 11.3 Å². The van der Waals surface area contributed by atoms with Gasteiger partial charge in [0.1, 0.15) is 5.82 Å². The number of piperidine rings is 1. The number of nitrogens with zero attached hydrogens (tertiary/aromatic N) is 2. The van der Waals surface area contributed by atoms with Crippen molar-refractivity contribution in [3.05, 3.63) is 35.9 Å². The Hall–Kier alpha value is -1.65. The molecule has 1 aromatic carbocycles. The molecule has 1 aliphatic heterocycles. The second-order valence-electron chi connectivity index (χ2n) is 6.13. The predicted octanol–water partition coefficient (Wildman–Crippen LogP) is 3.28. The van der Waals surface area contributed by atoms with Crippen LogP contribution in [0.25, 0.3) is 10.9 Å². The van der Waals surface area contributed by atoms with Gasteiger partial charge in [0.05, 0.1) is 5.52 Å². The molecule has 3 rings (SSSR count). The van der Waals surface area contributed by atoms with Crippen molar-refractivity contribution in [1.82, 2.24) is 9.88 Å². The summed E-state index contributed by atoms with van der Waals surface area (Å²) in [5, 5.41) is 1.17. The minimum Gasteiger partial charge on any atom is -0.308 e. The van der Waals surface area contributed by atoms with Gasteiger partial charge in [0.15, 0.2) is 0 Å². The van der Waals surface area contributed by atoms with Gasteiger partial charge in [-0.05, 0) is 38.8 Å². The highest BCUT2D eigenvalue weighted by Crippen LogP contribution is 2.27. The number of hydrogen-bond donors (Lipinski definition) is 2. The second-order valence-corrected chi connectivity index (χ2v) is 6.13. The molecule has 21 heavy (non-hydrogen) atoms. The molecule has 0 bridgehead atoms. The third-order valence-corrected chi connectivity index (χ3v) is 4.67. The van der Waals surface area contributed by atoms with E-state index in [1.165, 1.54) is 30.2 Å². The summed E-state index contributed by atoms with van der Waals surface area (Å²) in [6.45, 7) is 5.54. The Morgan fingerprint density at radius 3 is 2.67 bits per heavy atom. The molecule has 1 saturated heterocycles. The quantitative estimate of drug-likeness (QED) is 0.671. The summed E-state index contributed by atoms with van der Waals surface area (Å²) in [6.07, 6.45) is 3.88. The van der Waals surface area contributed by atoms with Crippen molar-refractivity contribution in [2.75, 3.05) is 5.43 Å². The second kappa shape index (κ2) is 6.00. The van der Waals surface area contributed by atoms with Crippen molar-refractivity contribution in [2.45, 2.75) is 51.7 Å². The first-order valence-corrected chi connectivity index (χ1v) is 7.80. The summed E-state index contributed by atoms with van der Waals surface area (Å²) in [6, 6.07) is 11.6. The van der Waals surface area contributed by atoms with Crippen LogP contribution in [-0.4, -0.2) is 22.0 Å². The molecular weight excluding hydrogens is 260 g/mol. The van der Waals surface area contributed by atoms with E-state index >= 15 is 0 Å². The average Bonchev–Trinajstić information content (AvgIpc) is 2.50. The van der Waals surface area contributed by atoms with Crippen LogP contribution in [0.3, 0.4) is 0 Å². The maximum Gasteiger partial charge on any atom is 0.145 e. The van der Waals surface area contributed by atoms with Gasteiger partial charge in [0, 0.05) is 29.6 Å². The SMILES string of the molecule is CC1CCCC(C)N1Cc1cc2ccccc2nc1NN. The highest BCUT2D eigenvalue weighted by molar-refractivity contribution is 5.81. The first-order chi connectivity index (χ1) is 10.2. The lowest BCUT2D eigenvalue weighted by atomic mass is 9.96. The molecule has 1 fully saturated rings. The Morgan fingerprint density at radius 1 is 1.24 bits per heavy atom. The van der Waals surface area contributed by atoms with Gasteiger partial charge in [-0.3, -0.25) is 4.90 Å². The number of rotatable bonds is 3. The number of fused-ring (bicyclic) bond motifs is 1. The number of para-hydroxylation sites is 1. The molecule has 2 aromatic rings. The Labute approximate surface area is 126 Å². The van der Waals surface area contributed by atoms with E-state index in [4.69, 9.17) is 5.84 Å². The number of likely N-dealkylation sites (tertiary alicyclic amines) is 1. The molecule has 2 atom stereocenters. The molecule has 0 aliphatic carbocycles. The van der Waals surface area contributed by atoms with Gasteiger partial charge in [-0.25, -0.2) is 10.8 Å². The highest BCUT2D eigenvalue weighted by Gasteiger charge is 2.25. The molecule has 4 heteroatoms. The van der Waals surface area contributed by atoms with Gasteiger partial charge in [-0.1, -0.05) is 24.6 Å². The molecule has 0 spiro atoms. The number of nitrogens with two attached hydrogens (primary N) is 1. The first-order valence-electron chi connectivity index (χ1n) is 7.80. The van der Waals surface area contributed by atoms with E-state index < -0.39 is 0 Å². The van der Waals surface area contributed by atoms with Crippen LogP contribution in [0.15, 0.2) is 30.3 Å².